The fraction of sp³-hybridized carbons (Fsp3) is 0.435. The van der Waals surface area contributed by atoms with Crippen LogP contribution in [0.1, 0.15) is 65.4 Å². The van der Waals surface area contributed by atoms with Crippen LogP contribution in [0.25, 0.3) is 0 Å². The molecular weight excluding hydrogens is 446 g/mol. The maximum absolute atomic E-state index is 12.9. The van der Waals surface area contributed by atoms with E-state index in [1.54, 1.807) is 46.8 Å². The summed E-state index contributed by atoms with van der Waals surface area (Å²) in [6.07, 6.45) is -1.16. The molecule has 0 aliphatic carbocycles. The van der Waals surface area contributed by atoms with Gasteiger partial charge in [-0.2, -0.15) is 4.31 Å². The lowest BCUT2D eigenvalue weighted by molar-refractivity contribution is -0.123. The molecule has 1 aromatic carbocycles. The zero-order chi connectivity index (χ0) is 25.1. The van der Waals surface area contributed by atoms with Crippen molar-refractivity contribution >= 4 is 33.4 Å². The van der Waals surface area contributed by atoms with E-state index in [1.165, 1.54) is 24.2 Å². The highest BCUT2D eigenvalue weighted by molar-refractivity contribution is 7.89. The third kappa shape index (κ3) is 5.51. The minimum Gasteiger partial charge on any atom is -0.448 e. The quantitative estimate of drug-likeness (QED) is 0.421. The molecule has 1 atom stereocenters. The first-order chi connectivity index (χ1) is 15.3. The summed E-state index contributed by atoms with van der Waals surface area (Å²) in [4.78, 5) is 39.9. The van der Waals surface area contributed by atoms with Crippen molar-refractivity contribution in [2.24, 2.45) is 0 Å². The van der Waals surface area contributed by atoms with E-state index in [0.717, 1.165) is 0 Å². The molecule has 0 radical (unpaired) electrons. The van der Waals surface area contributed by atoms with E-state index >= 15 is 0 Å². The number of rotatable bonds is 9. The van der Waals surface area contributed by atoms with Crippen LogP contribution >= 0.6 is 0 Å². The van der Waals surface area contributed by atoms with Gasteiger partial charge in [0.2, 0.25) is 10.0 Å². The van der Waals surface area contributed by atoms with Gasteiger partial charge in [0.1, 0.15) is 5.69 Å². The Morgan fingerprint density at radius 1 is 1.12 bits per heavy atom. The van der Waals surface area contributed by atoms with Gasteiger partial charge in [-0.25, -0.2) is 13.2 Å². The maximum Gasteiger partial charge on any atom is 0.355 e. The predicted molar refractivity (Wildman–Crippen MR) is 125 cm³/mol. The van der Waals surface area contributed by atoms with E-state index in [1.807, 2.05) is 0 Å². The Balaban J connectivity index is 2.20. The molecule has 10 heteroatoms. The number of H-pyrrole nitrogens is 1. The Morgan fingerprint density at radius 3 is 2.24 bits per heavy atom. The molecule has 1 amide bonds. The third-order valence-electron chi connectivity index (χ3n) is 5.43. The molecule has 0 fully saturated rings. The normalized spacial score (nSPS) is 12.5. The number of ether oxygens (including phenoxy) is 1. The van der Waals surface area contributed by atoms with Crippen LogP contribution in [0, 0.1) is 20.8 Å². The number of carbonyl (C=O) groups excluding carboxylic acids is 3. The van der Waals surface area contributed by atoms with Gasteiger partial charge in [-0.1, -0.05) is 19.9 Å². The number of aryl methyl sites for hydroxylation is 2. The summed E-state index contributed by atoms with van der Waals surface area (Å²) in [6.45, 7) is 12.0. The summed E-state index contributed by atoms with van der Waals surface area (Å²) in [5, 5.41) is 2.60. The van der Waals surface area contributed by atoms with Gasteiger partial charge in [0.15, 0.2) is 11.9 Å². The van der Waals surface area contributed by atoms with E-state index in [4.69, 9.17) is 4.74 Å². The maximum atomic E-state index is 12.9. The average Bonchev–Trinajstić information content (AvgIpc) is 3.04. The van der Waals surface area contributed by atoms with E-state index in [2.05, 4.69) is 10.3 Å². The number of nitrogens with one attached hydrogen (secondary N) is 2. The van der Waals surface area contributed by atoms with Crippen LogP contribution in [-0.2, 0) is 19.6 Å². The molecule has 0 bridgehead atoms. The summed E-state index contributed by atoms with van der Waals surface area (Å²) in [5.74, 6) is -1.56. The fourth-order valence-corrected chi connectivity index (χ4v) is 5.37. The zero-order valence-electron chi connectivity index (χ0n) is 20.0. The Labute approximate surface area is 194 Å². The molecule has 2 rings (SSSR count). The number of hydrogen-bond donors (Lipinski definition) is 2. The highest BCUT2D eigenvalue weighted by Crippen LogP contribution is 2.24. The molecule has 0 spiro atoms. The Kier molecular flexibility index (Phi) is 8.20. The second kappa shape index (κ2) is 10.3. The smallest absolute Gasteiger partial charge is 0.355 e. The lowest BCUT2D eigenvalue weighted by atomic mass is 10.1. The molecule has 0 aliphatic rings. The third-order valence-corrected chi connectivity index (χ3v) is 7.62. The fourth-order valence-electron chi connectivity index (χ4n) is 3.66. The lowest BCUT2D eigenvalue weighted by Gasteiger charge is -2.20. The van der Waals surface area contributed by atoms with Crippen molar-refractivity contribution in [3.63, 3.8) is 0 Å². The van der Waals surface area contributed by atoms with Crippen molar-refractivity contribution in [2.75, 3.05) is 18.4 Å². The number of esters is 1. The number of hydrogen-bond acceptors (Lipinski definition) is 6. The van der Waals surface area contributed by atoms with Crippen molar-refractivity contribution in [1.29, 1.82) is 0 Å². The molecule has 33 heavy (non-hydrogen) atoms. The van der Waals surface area contributed by atoms with Crippen molar-refractivity contribution < 1.29 is 27.5 Å². The standard InChI is InChI=1S/C23H31N3O6S/c1-8-26(9-2)33(30,31)19-12-18(11-10-13(19)3)25-22(28)17(7)32-23(29)21-14(4)20(16(6)27)15(5)24-21/h10-12,17,24H,8-9H2,1-7H3,(H,25,28)/t17-/m1/s1. The van der Waals surface area contributed by atoms with Crippen molar-refractivity contribution in [1.82, 2.24) is 9.29 Å². The van der Waals surface area contributed by atoms with Crippen LogP contribution in [-0.4, -0.2) is 54.6 Å². The van der Waals surface area contributed by atoms with Crippen molar-refractivity contribution in [3.8, 4) is 0 Å². The molecule has 2 N–H and O–H groups in total. The van der Waals surface area contributed by atoms with E-state index in [-0.39, 0.29) is 22.1 Å². The predicted octanol–water partition coefficient (Wildman–Crippen LogP) is 3.36. The van der Waals surface area contributed by atoms with Gasteiger partial charge in [-0.3, -0.25) is 9.59 Å². The zero-order valence-corrected chi connectivity index (χ0v) is 20.8. The SMILES string of the molecule is CCN(CC)S(=O)(=O)c1cc(NC(=O)[C@@H](C)OC(=O)c2[nH]c(C)c(C(C)=O)c2C)ccc1C. The molecule has 9 nitrogen and oxygen atoms in total. The minimum absolute atomic E-state index is 0.0999. The van der Waals surface area contributed by atoms with Gasteiger partial charge in [0.25, 0.3) is 5.91 Å². The number of Topliss-reactive ketones (excluding diaryl/α,β-unsaturated/α-hetero) is 1. The van der Waals surface area contributed by atoms with Crippen LogP contribution in [0.5, 0.6) is 0 Å². The molecule has 180 valence electrons. The minimum atomic E-state index is -3.71. The molecule has 1 heterocycles. The summed E-state index contributed by atoms with van der Waals surface area (Å²) < 4.78 is 32.4. The number of nitrogens with zero attached hydrogens (tertiary/aromatic N) is 1. The molecule has 1 aromatic heterocycles. The van der Waals surface area contributed by atoms with Gasteiger partial charge in [-0.05, 0) is 57.9 Å². The number of sulfonamides is 1. The molecule has 0 aliphatic heterocycles. The van der Waals surface area contributed by atoms with Gasteiger partial charge >= 0.3 is 5.97 Å². The Bertz CT molecular complexity index is 1180. The lowest BCUT2D eigenvalue weighted by Crippen LogP contribution is -2.32. The van der Waals surface area contributed by atoms with Crippen molar-refractivity contribution in [2.45, 2.75) is 59.5 Å². The number of benzene rings is 1. The second-order valence-corrected chi connectivity index (χ2v) is 9.69. The summed E-state index contributed by atoms with van der Waals surface area (Å²) in [7, 11) is -3.71. The van der Waals surface area contributed by atoms with Gasteiger partial charge in [0.05, 0.1) is 4.90 Å². The Hall–Kier alpha value is -2.98. The van der Waals surface area contributed by atoms with Crippen LogP contribution < -0.4 is 5.32 Å². The first kappa shape index (κ1) is 26.3. The van der Waals surface area contributed by atoms with Gasteiger partial charge in [-0.15, -0.1) is 0 Å². The summed E-state index contributed by atoms with van der Waals surface area (Å²) in [5.41, 5.74) is 2.36. The molecular formula is C23H31N3O6S. The van der Waals surface area contributed by atoms with Crippen LogP contribution in [0.2, 0.25) is 0 Å². The van der Waals surface area contributed by atoms with E-state index < -0.39 is 28.0 Å². The number of ketones is 1. The first-order valence-corrected chi connectivity index (χ1v) is 12.1. The summed E-state index contributed by atoms with van der Waals surface area (Å²) in [6, 6.07) is 4.59. The monoisotopic (exact) mass is 477 g/mol. The average molecular weight is 478 g/mol. The number of carbonyl (C=O) groups is 3. The van der Waals surface area contributed by atoms with Crippen LogP contribution in [0.3, 0.4) is 0 Å². The Morgan fingerprint density at radius 2 is 1.73 bits per heavy atom. The number of aromatic nitrogens is 1. The topological polar surface area (TPSA) is 126 Å². The highest BCUT2D eigenvalue weighted by atomic mass is 32.2. The van der Waals surface area contributed by atoms with Crippen LogP contribution in [0.4, 0.5) is 5.69 Å². The number of anilines is 1. The largest absolute Gasteiger partial charge is 0.448 e. The molecule has 0 saturated carbocycles. The van der Waals surface area contributed by atoms with E-state index in [0.29, 0.717) is 35.5 Å². The van der Waals surface area contributed by atoms with Crippen LogP contribution in [0.15, 0.2) is 23.1 Å². The highest BCUT2D eigenvalue weighted by Gasteiger charge is 2.26. The summed E-state index contributed by atoms with van der Waals surface area (Å²) >= 11 is 0. The second-order valence-electron chi connectivity index (χ2n) is 7.79. The first-order valence-electron chi connectivity index (χ1n) is 10.7. The van der Waals surface area contributed by atoms with Crippen molar-refractivity contribution in [3.05, 3.63) is 46.3 Å². The molecule has 0 saturated heterocycles. The molecule has 2 aromatic rings. The molecule has 0 unspecified atom stereocenters. The number of amides is 1. The van der Waals surface area contributed by atoms with Gasteiger partial charge in [0, 0.05) is 30.0 Å². The van der Waals surface area contributed by atoms with E-state index in [9.17, 15) is 22.8 Å². The van der Waals surface area contributed by atoms with Gasteiger partial charge < -0.3 is 15.0 Å². The number of aromatic amines is 1.